The van der Waals surface area contributed by atoms with E-state index in [-0.39, 0.29) is 30.3 Å². The topological polar surface area (TPSA) is 113 Å². The van der Waals surface area contributed by atoms with Gasteiger partial charge in [0.05, 0.1) is 37.3 Å². The summed E-state index contributed by atoms with van der Waals surface area (Å²) >= 11 is 0. The number of ether oxygens (including phenoxy) is 2. The summed E-state index contributed by atoms with van der Waals surface area (Å²) in [6.07, 6.45) is 2.59. The molecule has 0 radical (unpaired) electrons. The minimum Gasteiger partial charge on any atom is -0.472 e. The van der Waals surface area contributed by atoms with Crippen LogP contribution in [0.1, 0.15) is 71.8 Å². The molecule has 3 heterocycles. The zero-order valence-corrected chi connectivity index (χ0v) is 20.1. The van der Waals surface area contributed by atoms with Gasteiger partial charge >= 0.3 is 5.97 Å². The van der Waals surface area contributed by atoms with Crippen molar-refractivity contribution in [2.24, 2.45) is 28.1 Å². The molecular weight excluding hydrogens is 424 g/mol. The lowest BCUT2D eigenvalue weighted by Gasteiger charge is -2.67. The number of hydrogen-bond acceptors (Lipinski definition) is 7. The Balaban J connectivity index is 1.51. The first-order valence-corrected chi connectivity index (χ1v) is 12.3. The number of furan rings is 1. The molecule has 11 atom stereocenters. The highest BCUT2D eigenvalue weighted by Crippen LogP contribution is 2.82. The van der Waals surface area contributed by atoms with E-state index in [2.05, 4.69) is 20.8 Å². The van der Waals surface area contributed by atoms with Gasteiger partial charge in [-0.1, -0.05) is 20.8 Å². The van der Waals surface area contributed by atoms with Crippen LogP contribution in [0.5, 0.6) is 0 Å². The molecule has 0 aromatic carbocycles. The third kappa shape index (κ3) is 2.24. The molecule has 2 saturated heterocycles. The average Bonchev–Trinajstić information content (AvgIpc) is 3.22. The molecule has 0 amide bonds. The fraction of sp³-hybridized carbons (Fsp3) is 0.808. The maximum absolute atomic E-state index is 12.5. The van der Waals surface area contributed by atoms with Crippen molar-refractivity contribution in [3.05, 3.63) is 24.2 Å². The van der Waals surface area contributed by atoms with E-state index in [0.717, 1.165) is 18.4 Å². The first-order chi connectivity index (χ1) is 15.4. The predicted molar refractivity (Wildman–Crippen MR) is 117 cm³/mol. The zero-order valence-electron chi connectivity index (χ0n) is 20.1. The Kier molecular flexibility index (Phi) is 4.17. The van der Waals surface area contributed by atoms with Gasteiger partial charge in [0.1, 0.15) is 17.3 Å². The number of esters is 1. The molecule has 1 aromatic heterocycles. The molecule has 5 fully saturated rings. The van der Waals surface area contributed by atoms with Crippen molar-refractivity contribution in [3.8, 4) is 0 Å². The molecule has 3 saturated carbocycles. The van der Waals surface area contributed by atoms with Crippen molar-refractivity contribution >= 4 is 5.97 Å². The van der Waals surface area contributed by atoms with E-state index in [0.29, 0.717) is 6.42 Å². The molecule has 7 heteroatoms. The summed E-state index contributed by atoms with van der Waals surface area (Å²) in [5.41, 5.74) is -2.28. The minimum atomic E-state index is -0.873. The molecular formula is C26H36O7. The Bertz CT molecular complexity index is 989. The maximum Gasteiger partial charge on any atom is 0.308 e. The largest absolute Gasteiger partial charge is 0.472 e. The van der Waals surface area contributed by atoms with Crippen LogP contribution in [0.4, 0.5) is 0 Å². The molecule has 3 N–H and O–H groups in total. The predicted octanol–water partition coefficient (Wildman–Crippen LogP) is 2.77. The van der Waals surface area contributed by atoms with E-state index >= 15 is 0 Å². The van der Waals surface area contributed by atoms with Crippen LogP contribution in [0.2, 0.25) is 0 Å². The van der Waals surface area contributed by atoms with Crippen LogP contribution in [0.15, 0.2) is 23.0 Å². The fourth-order valence-corrected chi connectivity index (χ4v) is 9.81. The molecule has 0 bridgehead atoms. The number of carbonyl (C=O) groups excluding carboxylic acids is 1. The van der Waals surface area contributed by atoms with Crippen molar-refractivity contribution in [2.75, 3.05) is 0 Å². The second kappa shape index (κ2) is 6.23. The van der Waals surface area contributed by atoms with Gasteiger partial charge in [0.15, 0.2) is 0 Å². The number of cyclic esters (lactones) is 1. The number of aliphatic hydroxyl groups is 3. The third-order valence-corrected chi connectivity index (χ3v) is 11.2. The first-order valence-electron chi connectivity index (χ1n) is 12.3. The Hall–Kier alpha value is -1.41. The molecule has 5 aliphatic rings. The summed E-state index contributed by atoms with van der Waals surface area (Å²) in [7, 11) is 0. The van der Waals surface area contributed by atoms with Crippen LogP contribution in [0, 0.1) is 28.1 Å². The number of carbonyl (C=O) groups is 1. The lowest BCUT2D eigenvalue weighted by Crippen LogP contribution is -2.71. The van der Waals surface area contributed by atoms with Crippen LogP contribution in [-0.2, 0) is 14.3 Å². The maximum atomic E-state index is 12.5. The number of aliphatic hydroxyl groups excluding tert-OH is 3. The van der Waals surface area contributed by atoms with Gasteiger partial charge in [-0.05, 0) is 50.7 Å². The Morgan fingerprint density at radius 2 is 1.76 bits per heavy atom. The fourth-order valence-electron chi connectivity index (χ4n) is 9.81. The van der Waals surface area contributed by atoms with E-state index in [1.165, 1.54) is 0 Å². The summed E-state index contributed by atoms with van der Waals surface area (Å²) in [5, 5.41) is 34.7. The third-order valence-electron chi connectivity index (χ3n) is 11.2. The van der Waals surface area contributed by atoms with Gasteiger partial charge in [-0.15, -0.1) is 0 Å². The highest BCUT2D eigenvalue weighted by atomic mass is 16.6. The normalized spacial score (nSPS) is 56.6. The summed E-state index contributed by atoms with van der Waals surface area (Å²) in [6.45, 7) is 10.2. The minimum absolute atomic E-state index is 0.0477. The smallest absolute Gasteiger partial charge is 0.308 e. The Morgan fingerprint density at radius 3 is 2.42 bits per heavy atom. The summed E-state index contributed by atoms with van der Waals surface area (Å²) in [4.78, 5) is 12.5. The van der Waals surface area contributed by atoms with Crippen LogP contribution >= 0.6 is 0 Å². The second-order valence-corrected chi connectivity index (χ2v) is 12.6. The van der Waals surface area contributed by atoms with E-state index in [4.69, 9.17) is 13.9 Å². The average molecular weight is 461 g/mol. The van der Waals surface area contributed by atoms with Gasteiger partial charge in [0, 0.05) is 28.1 Å². The SMILES string of the molecule is CC1(C)OC(=O)C[C@H](O)[C@]2(C)C3CC[C@@]4(C)[C@H](c5ccoc5)[C@@H](O)[C@@H]5O[C@]54[C@]3(C)[C@H](O)C[C@H]12. The van der Waals surface area contributed by atoms with Gasteiger partial charge in [0.25, 0.3) is 0 Å². The highest BCUT2D eigenvalue weighted by molar-refractivity contribution is 5.71. The van der Waals surface area contributed by atoms with Crippen molar-refractivity contribution in [1.82, 2.24) is 0 Å². The molecule has 7 nitrogen and oxygen atoms in total. The Morgan fingerprint density at radius 1 is 1.03 bits per heavy atom. The molecule has 1 spiro atoms. The van der Waals surface area contributed by atoms with Gasteiger partial charge in [-0.25, -0.2) is 0 Å². The zero-order chi connectivity index (χ0) is 23.8. The molecule has 182 valence electrons. The number of hydrogen-bond donors (Lipinski definition) is 3. The van der Waals surface area contributed by atoms with Crippen LogP contribution in [-0.4, -0.2) is 56.9 Å². The van der Waals surface area contributed by atoms with Crippen molar-refractivity contribution in [2.45, 2.75) is 102 Å². The molecule has 1 aromatic rings. The summed E-state index contributed by atoms with van der Waals surface area (Å²) in [5.74, 6) is -0.842. The van der Waals surface area contributed by atoms with Gasteiger partial charge in [0.2, 0.25) is 0 Å². The van der Waals surface area contributed by atoms with E-state index in [1.807, 2.05) is 19.9 Å². The van der Waals surface area contributed by atoms with E-state index < -0.39 is 51.7 Å². The van der Waals surface area contributed by atoms with Gasteiger partial charge < -0.3 is 29.2 Å². The Labute approximate surface area is 194 Å². The van der Waals surface area contributed by atoms with Gasteiger partial charge in [-0.3, -0.25) is 4.79 Å². The number of fused-ring (bicyclic) bond motifs is 3. The van der Waals surface area contributed by atoms with Crippen molar-refractivity contribution in [1.29, 1.82) is 0 Å². The van der Waals surface area contributed by atoms with E-state index in [1.54, 1.807) is 12.5 Å². The summed E-state index contributed by atoms with van der Waals surface area (Å²) in [6, 6.07) is 1.92. The molecule has 33 heavy (non-hydrogen) atoms. The quantitative estimate of drug-likeness (QED) is 0.436. The van der Waals surface area contributed by atoms with Crippen LogP contribution < -0.4 is 0 Å². The second-order valence-electron chi connectivity index (χ2n) is 12.6. The molecule has 1 unspecified atom stereocenters. The van der Waals surface area contributed by atoms with Crippen molar-refractivity contribution < 1.29 is 34.0 Å². The molecule has 3 aliphatic carbocycles. The lowest BCUT2D eigenvalue weighted by atomic mass is 9.37. The molecule has 2 aliphatic heterocycles. The van der Waals surface area contributed by atoms with Crippen LogP contribution in [0.25, 0.3) is 0 Å². The number of rotatable bonds is 1. The molecule has 6 rings (SSSR count). The van der Waals surface area contributed by atoms with Crippen LogP contribution in [0.3, 0.4) is 0 Å². The van der Waals surface area contributed by atoms with E-state index in [9.17, 15) is 20.1 Å². The summed E-state index contributed by atoms with van der Waals surface area (Å²) < 4.78 is 17.6. The van der Waals surface area contributed by atoms with Crippen molar-refractivity contribution in [3.63, 3.8) is 0 Å². The number of epoxide rings is 1. The van der Waals surface area contributed by atoms with Gasteiger partial charge in [-0.2, -0.15) is 0 Å². The monoisotopic (exact) mass is 460 g/mol. The first kappa shape index (κ1) is 22.1. The highest BCUT2D eigenvalue weighted by Gasteiger charge is 2.89. The lowest BCUT2D eigenvalue weighted by molar-refractivity contribution is -0.258. The standard InChI is InChI=1S/C26H36O7/c1-22(2)15-10-17(28)25(5)14(24(15,4)16(27)11-18(29)32-22)6-8-23(3)19(13-7-9-31-12-13)20(30)21-26(23,25)33-21/h7,9,12,14-17,19-21,27-28,30H,6,8,10-11H2,1-5H3/t14?,15-,16+,17-,19-,20-,21+,23+,24-,25+,26-/m1/s1.